The molecule has 0 N–H and O–H groups in total. The number of morpholine rings is 1. The zero-order chi connectivity index (χ0) is 21.2. The first-order chi connectivity index (χ1) is 15.2. The van der Waals surface area contributed by atoms with E-state index in [9.17, 15) is 4.79 Å². The van der Waals surface area contributed by atoms with E-state index in [0.717, 1.165) is 10.6 Å². The highest BCUT2D eigenvalue weighted by Crippen LogP contribution is 2.29. The summed E-state index contributed by atoms with van der Waals surface area (Å²) in [5.74, 6) is -0.0277. The summed E-state index contributed by atoms with van der Waals surface area (Å²) in [6, 6.07) is 9.22. The molecule has 4 aromatic rings. The molecule has 0 saturated carbocycles. The Hall–Kier alpha value is -3.02. The lowest BCUT2D eigenvalue weighted by Gasteiger charge is -2.32. The lowest BCUT2D eigenvalue weighted by atomic mass is 10.3. The number of carbonyl (C=O) groups excluding carboxylic acids is 1. The molecule has 0 aliphatic carbocycles. The quantitative estimate of drug-likeness (QED) is 0.433. The van der Waals surface area contributed by atoms with Crippen LogP contribution < -0.4 is 4.84 Å². The number of pyridine rings is 1. The summed E-state index contributed by atoms with van der Waals surface area (Å²) in [4.78, 5) is 26.7. The standard InChI is InChI=1S/C19H18ClN7O3S/c20-17-4-3-16(31-17)14-5-7-26(23-14)11-18(28)25-8-9-29-13(10-25)12-30-27-19-15(22-24-27)2-1-6-21-19/h1-7,13H,8-12H2. The van der Waals surface area contributed by atoms with E-state index in [1.807, 2.05) is 18.2 Å². The molecule has 5 rings (SSSR count). The van der Waals surface area contributed by atoms with Crippen LogP contribution in [0.3, 0.4) is 0 Å². The third-order valence-electron chi connectivity index (χ3n) is 4.82. The van der Waals surface area contributed by atoms with Gasteiger partial charge in [-0.3, -0.25) is 9.48 Å². The maximum absolute atomic E-state index is 12.8. The van der Waals surface area contributed by atoms with Crippen molar-refractivity contribution >= 4 is 40.0 Å². The molecule has 31 heavy (non-hydrogen) atoms. The van der Waals surface area contributed by atoms with Crippen molar-refractivity contribution in [3.05, 3.63) is 47.1 Å². The Morgan fingerprint density at radius 1 is 1.32 bits per heavy atom. The second-order valence-corrected chi connectivity index (χ2v) is 8.65. The van der Waals surface area contributed by atoms with Crippen LogP contribution in [-0.4, -0.2) is 73.1 Å². The molecule has 1 atom stereocenters. The molecule has 1 unspecified atom stereocenters. The van der Waals surface area contributed by atoms with Gasteiger partial charge >= 0.3 is 0 Å². The van der Waals surface area contributed by atoms with E-state index in [1.165, 1.54) is 16.2 Å². The van der Waals surface area contributed by atoms with Crippen LogP contribution in [0.4, 0.5) is 0 Å². The van der Waals surface area contributed by atoms with Gasteiger partial charge in [0.1, 0.15) is 30.5 Å². The van der Waals surface area contributed by atoms with Gasteiger partial charge in [0.25, 0.3) is 0 Å². The Morgan fingerprint density at radius 3 is 3.13 bits per heavy atom. The van der Waals surface area contributed by atoms with E-state index >= 15 is 0 Å². The first-order valence-electron chi connectivity index (χ1n) is 9.64. The summed E-state index contributed by atoms with van der Waals surface area (Å²) in [7, 11) is 0. The molecule has 0 aromatic carbocycles. The normalized spacial score (nSPS) is 16.7. The van der Waals surface area contributed by atoms with Crippen molar-refractivity contribution in [3.8, 4) is 10.6 Å². The molecule has 10 nitrogen and oxygen atoms in total. The van der Waals surface area contributed by atoms with Crippen LogP contribution in [0.25, 0.3) is 21.7 Å². The first kappa shape index (κ1) is 19.9. The Labute approximate surface area is 185 Å². The SMILES string of the molecule is O=C(Cn1ccc(-c2ccc(Cl)s2)n1)N1CCOC(COn2nnc3cccnc32)C1. The molecule has 1 aliphatic rings. The van der Waals surface area contributed by atoms with Crippen molar-refractivity contribution in [1.82, 2.24) is 34.8 Å². The van der Waals surface area contributed by atoms with Crippen molar-refractivity contribution in [2.24, 2.45) is 0 Å². The number of nitrogens with zero attached hydrogens (tertiary/aromatic N) is 7. The van der Waals surface area contributed by atoms with Crippen molar-refractivity contribution in [1.29, 1.82) is 0 Å². The highest BCUT2D eigenvalue weighted by atomic mass is 35.5. The van der Waals surface area contributed by atoms with Crippen LogP contribution in [0.5, 0.6) is 0 Å². The van der Waals surface area contributed by atoms with Crippen LogP contribution >= 0.6 is 22.9 Å². The molecule has 4 aromatic heterocycles. The average Bonchev–Trinajstić information content (AvgIpc) is 3.52. The molecule has 12 heteroatoms. The molecule has 1 saturated heterocycles. The predicted molar refractivity (Wildman–Crippen MR) is 114 cm³/mol. The van der Waals surface area contributed by atoms with Crippen molar-refractivity contribution in [2.45, 2.75) is 12.6 Å². The molecule has 160 valence electrons. The summed E-state index contributed by atoms with van der Waals surface area (Å²) in [5, 5.41) is 12.4. The minimum atomic E-state index is -0.276. The Morgan fingerprint density at radius 2 is 2.26 bits per heavy atom. The number of thiophene rings is 1. The Bertz CT molecular complexity index is 1210. The van der Waals surface area contributed by atoms with E-state index in [0.29, 0.717) is 35.2 Å². The van der Waals surface area contributed by atoms with Gasteiger partial charge in [0, 0.05) is 18.9 Å². The highest BCUT2D eigenvalue weighted by molar-refractivity contribution is 7.19. The summed E-state index contributed by atoms with van der Waals surface area (Å²) >= 11 is 7.45. The van der Waals surface area contributed by atoms with Gasteiger partial charge in [-0.2, -0.15) is 5.10 Å². The number of aromatic nitrogens is 6. The Kier molecular flexibility index (Phi) is 5.53. The molecule has 5 heterocycles. The van der Waals surface area contributed by atoms with Gasteiger partial charge < -0.3 is 14.5 Å². The van der Waals surface area contributed by atoms with E-state index in [-0.39, 0.29) is 25.2 Å². The third kappa shape index (κ3) is 4.38. The minimum Gasteiger partial charge on any atom is -0.391 e. The molecule has 0 bridgehead atoms. The maximum atomic E-state index is 12.8. The summed E-state index contributed by atoms with van der Waals surface area (Å²) < 4.78 is 8.09. The van der Waals surface area contributed by atoms with Crippen LogP contribution in [0.1, 0.15) is 0 Å². The minimum absolute atomic E-state index is 0.0277. The maximum Gasteiger partial charge on any atom is 0.244 e. The fraction of sp³-hybridized carbons (Fsp3) is 0.316. The van der Waals surface area contributed by atoms with E-state index < -0.39 is 0 Å². The lowest BCUT2D eigenvalue weighted by Crippen LogP contribution is -2.49. The van der Waals surface area contributed by atoms with Gasteiger partial charge in [0.2, 0.25) is 11.6 Å². The molecule has 0 spiro atoms. The van der Waals surface area contributed by atoms with E-state index in [4.69, 9.17) is 21.2 Å². The number of fused-ring (bicyclic) bond motifs is 1. The molecule has 1 aliphatic heterocycles. The van der Waals surface area contributed by atoms with Crippen LogP contribution in [0, 0.1) is 0 Å². The fourth-order valence-corrected chi connectivity index (χ4v) is 4.31. The van der Waals surface area contributed by atoms with Crippen molar-refractivity contribution < 1.29 is 14.4 Å². The monoisotopic (exact) mass is 459 g/mol. The Balaban J connectivity index is 1.17. The summed E-state index contributed by atoms with van der Waals surface area (Å²) in [6.45, 7) is 1.77. The van der Waals surface area contributed by atoms with E-state index in [1.54, 1.807) is 34.1 Å². The number of halogens is 1. The second-order valence-electron chi connectivity index (χ2n) is 6.94. The van der Waals surface area contributed by atoms with Crippen LogP contribution in [0.15, 0.2) is 42.7 Å². The van der Waals surface area contributed by atoms with Gasteiger partial charge in [-0.1, -0.05) is 16.4 Å². The van der Waals surface area contributed by atoms with Gasteiger partial charge in [0.05, 0.1) is 22.4 Å². The average molecular weight is 460 g/mol. The largest absolute Gasteiger partial charge is 0.391 e. The van der Waals surface area contributed by atoms with Gasteiger partial charge in [0.15, 0.2) is 0 Å². The number of ether oxygens (including phenoxy) is 1. The molecule has 1 amide bonds. The zero-order valence-electron chi connectivity index (χ0n) is 16.3. The van der Waals surface area contributed by atoms with E-state index in [2.05, 4.69) is 20.4 Å². The molecule has 1 fully saturated rings. The van der Waals surface area contributed by atoms with Crippen molar-refractivity contribution in [3.63, 3.8) is 0 Å². The first-order valence-corrected chi connectivity index (χ1v) is 10.8. The summed E-state index contributed by atoms with van der Waals surface area (Å²) in [5.41, 5.74) is 1.98. The number of carbonyl (C=O) groups is 1. The number of hydrogen-bond acceptors (Lipinski definition) is 8. The summed E-state index contributed by atoms with van der Waals surface area (Å²) in [6.07, 6.45) is 3.17. The molecule has 0 radical (unpaired) electrons. The second kappa shape index (κ2) is 8.61. The van der Waals surface area contributed by atoms with Gasteiger partial charge in [-0.25, -0.2) is 4.98 Å². The van der Waals surface area contributed by atoms with Crippen molar-refractivity contribution in [2.75, 3.05) is 26.3 Å². The predicted octanol–water partition coefficient (Wildman–Crippen LogP) is 1.76. The molecular weight excluding hydrogens is 442 g/mol. The lowest BCUT2D eigenvalue weighted by molar-refractivity contribution is -0.142. The zero-order valence-corrected chi connectivity index (χ0v) is 17.9. The number of amides is 1. The number of rotatable bonds is 6. The van der Waals surface area contributed by atoms with Gasteiger partial charge in [-0.15, -0.1) is 16.4 Å². The fourth-order valence-electron chi connectivity index (χ4n) is 3.30. The van der Waals surface area contributed by atoms with Gasteiger partial charge in [-0.05, 0) is 35.5 Å². The highest BCUT2D eigenvalue weighted by Gasteiger charge is 2.25. The topological polar surface area (TPSA) is 100 Å². The van der Waals surface area contributed by atoms with Crippen LogP contribution in [-0.2, 0) is 16.1 Å². The van der Waals surface area contributed by atoms with Crippen LogP contribution in [0.2, 0.25) is 4.34 Å². The number of hydrogen-bond donors (Lipinski definition) is 0. The third-order valence-corrected chi connectivity index (χ3v) is 6.07. The smallest absolute Gasteiger partial charge is 0.244 e. The molecular formula is C19H18ClN7O3S.